The molecule has 0 atom stereocenters. The third-order valence-corrected chi connectivity index (χ3v) is 5.60. The number of anilines is 1. The molecule has 0 aliphatic heterocycles. The Bertz CT molecular complexity index is 941. The molecular weight excluding hydrogens is 371 g/mol. The van der Waals surface area contributed by atoms with Gasteiger partial charge in [-0.2, -0.15) is 0 Å². The maximum atomic E-state index is 13.5. The number of hydrogen-bond donors (Lipinski definition) is 1. The maximum Gasteiger partial charge on any atom is 0.234 e. The molecule has 1 amide bonds. The van der Waals surface area contributed by atoms with Crippen molar-refractivity contribution in [2.75, 3.05) is 11.1 Å². The van der Waals surface area contributed by atoms with Gasteiger partial charge < -0.3 is 5.32 Å². The Kier molecular flexibility index (Phi) is 5.63. The summed E-state index contributed by atoms with van der Waals surface area (Å²) >= 11 is 2.86. The highest BCUT2D eigenvalue weighted by Gasteiger charge is 2.11. The average molecular weight is 388 g/mol. The van der Waals surface area contributed by atoms with Crippen LogP contribution in [0.2, 0.25) is 0 Å². The zero-order valence-electron chi connectivity index (χ0n) is 14.5. The number of nitrogens with one attached hydrogen (secondary N) is 1. The Hall–Kier alpha value is -2.32. The highest BCUT2D eigenvalue weighted by Crippen LogP contribution is 2.28. The van der Waals surface area contributed by atoms with Gasteiger partial charge in [-0.25, -0.2) is 9.37 Å². The minimum absolute atomic E-state index is 0.169. The maximum absolute atomic E-state index is 13.5. The van der Waals surface area contributed by atoms with Gasteiger partial charge in [-0.05, 0) is 50.6 Å². The summed E-state index contributed by atoms with van der Waals surface area (Å²) in [5, 5.41) is 12.7. The molecule has 3 aromatic rings. The average Bonchev–Trinajstić information content (AvgIpc) is 2.95. The molecule has 0 radical (unpaired) electrons. The van der Waals surface area contributed by atoms with Crippen LogP contribution in [0.1, 0.15) is 16.3 Å². The second kappa shape index (κ2) is 7.92. The van der Waals surface area contributed by atoms with Crippen LogP contribution in [0.15, 0.2) is 35.4 Å². The van der Waals surface area contributed by atoms with Crippen LogP contribution in [0.5, 0.6) is 0 Å². The van der Waals surface area contributed by atoms with Gasteiger partial charge in [-0.15, -0.1) is 21.5 Å². The predicted molar refractivity (Wildman–Crippen MR) is 103 cm³/mol. The largest absolute Gasteiger partial charge is 0.325 e. The quantitative estimate of drug-likeness (QED) is 0.657. The van der Waals surface area contributed by atoms with Gasteiger partial charge in [0.2, 0.25) is 5.91 Å². The van der Waals surface area contributed by atoms with Crippen molar-refractivity contribution >= 4 is 34.7 Å². The van der Waals surface area contributed by atoms with Gasteiger partial charge in [0, 0.05) is 5.69 Å². The van der Waals surface area contributed by atoms with Crippen LogP contribution in [0, 0.1) is 26.6 Å². The summed E-state index contributed by atoms with van der Waals surface area (Å²) in [6.45, 7) is 5.58. The minimum atomic E-state index is -0.342. The fraction of sp³-hybridized carbons (Fsp3) is 0.222. The van der Waals surface area contributed by atoms with E-state index in [0.29, 0.717) is 16.3 Å². The van der Waals surface area contributed by atoms with E-state index in [0.717, 1.165) is 21.3 Å². The number of hydrogen-bond acceptors (Lipinski definition) is 6. The normalized spacial score (nSPS) is 10.8. The van der Waals surface area contributed by atoms with Gasteiger partial charge in [-0.1, -0.05) is 17.8 Å². The summed E-state index contributed by atoms with van der Waals surface area (Å²) < 4.78 is 13.5. The Morgan fingerprint density at radius 2 is 2.00 bits per heavy atom. The number of thiazole rings is 1. The topological polar surface area (TPSA) is 67.8 Å². The number of nitrogens with zero attached hydrogens (tertiary/aromatic N) is 3. The molecule has 134 valence electrons. The van der Waals surface area contributed by atoms with Crippen LogP contribution in [0.3, 0.4) is 0 Å². The van der Waals surface area contributed by atoms with Crippen molar-refractivity contribution in [1.82, 2.24) is 15.2 Å². The Labute approximate surface area is 159 Å². The molecule has 0 spiro atoms. The third kappa shape index (κ3) is 4.44. The number of carbonyl (C=O) groups excluding carboxylic acids is 1. The van der Waals surface area contributed by atoms with E-state index in [1.165, 1.54) is 17.8 Å². The van der Waals surface area contributed by atoms with Crippen molar-refractivity contribution in [2.24, 2.45) is 0 Å². The van der Waals surface area contributed by atoms with Crippen LogP contribution >= 0.6 is 23.1 Å². The molecule has 0 saturated heterocycles. The summed E-state index contributed by atoms with van der Waals surface area (Å²) in [6.07, 6.45) is 0. The van der Waals surface area contributed by atoms with Crippen molar-refractivity contribution in [3.8, 4) is 10.6 Å². The number of amides is 1. The number of benzene rings is 1. The molecule has 0 aliphatic carbocycles. The van der Waals surface area contributed by atoms with Gasteiger partial charge >= 0.3 is 0 Å². The van der Waals surface area contributed by atoms with E-state index in [9.17, 15) is 9.18 Å². The van der Waals surface area contributed by atoms with Gasteiger partial charge in [-0.3, -0.25) is 4.79 Å². The number of thioether (sulfide) groups is 1. The molecule has 3 rings (SSSR count). The Morgan fingerprint density at radius 1 is 1.19 bits per heavy atom. The van der Waals surface area contributed by atoms with Crippen LogP contribution < -0.4 is 5.32 Å². The molecule has 2 heterocycles. The highest BCUT2D eigenvalue weighted by atomic mass is 32.2. The Morgan fingerprint density at radius 3 is 2.62 bits per heavy atom. The van der Waals surface area contributed by atoms with E-state index < -0.39 is 0 Å². The molecule has 5 nitrogen and oxygen atoms in total. The zero-order chi connectivity index (χ0) is 18.7. The van der Waals surface area contributed by atoms with E-state index in [2.05, 4.69) is 20.5 Å². The Balaban J connectivity index is 1.58. The fourth-order valence-electron chi connectivity index (χ4n) is 2.29. The van der Waals surface area contributed by atoms with Gasteiger partial charge in [0.1, 0.15) is 16.5 Å². The number of aromatic nitrogens is 3. The first-order valence-electron chi connectivity index (χ1n) is 7.89. The molecular formula is C18H17FN4OS2. The SMILES string of the molecule is Cc1nc(C)c(-c2ccc(SCC(=O)Nc3ccc(C)c(F)c3)nn2)s1. The van der Waals surface area contributed by atoms with Crippen molar-refractivity contribution in [3.63, 3.8) is 0 Å². The van der Waals surface area contributed by atoms with Crippen LogP contribution in [0.4, 0.5) is 10.1 Å². The standard InChI is InChI=1S/C18H17FN4OS2/c1-10-4-5-13(8-14(10)19)21-16(24)9-25-17-7-6-15(22-23-17)18-11(2)20-12(3)26-18/h4-8H,9H2,1-3H3,(H,21,24). The van der Waals surface area contributed by atoms with E-state index in [4.69, 9.17) is 0 Å². The molecule has 8 heteroatoms. The summed E-state index contributed by atoms with van der Waals surface area (Å²) in [4.78, 5) is 17.4. The van der Waals surface area contributed by atoms with E-state index in [1.54, 1.807) is 30.4 Å². The second-order valence-electron chi connectivity index (χ2n) is 5.71. The van der Waals surface area contributed by atoms with Crippen molar-refractivity contribution in [2.45, 2.75) is 25.8 Å². The lowest BCUT2D eigenvalue weighted by molar-refractivity contribution is -0.113. The van der Waals surface area contributed by atoms with E-state index in [-0.39, 0.29) is 17.5 Å². The number of halogens is 1. The molecule has 2 aromatic heterocycles. The first-order valence-corrected chi connectivity index (χ1v) is 9.69. The smallest absolute Gasteiger partial charge is 0.234 e. The number of carbonyl (C=O) groups is 1. The van der Waals surface area contributed by atoms with Crippen LogP contribution in [0.25, 0.3) is 10.6 Å². The lowest BCUT2D eigenvalue weighted by Crippen LogP contribution is -2.14. The highest BCUT2D eigenvalue weighted by molar-refractivity contribution is 7.99. The second-order valence-corrected chi connectivity index (χ2v) is 7.90. The van der Waals surface area contributed by atoms with Crippen LogP contribution in [-0.4, -0.2) is 26.8 Å². The molecule has 26 heavy (non-hydrogen) atoms. The monoisotopic (exact) mass is 388 g/mol. The zero-order valence-corrected chi connectivity index (χ0v) is 16.2. The van der Waals surface area contributed by atoms with Crippen molar-refractivity contribution in [3.05, 3.63) is 52.4 Å². The molecule has 0 bridgehead atoms. The summed E-state index contributed by atoms with van der Waals surface area (Å²) in [5.41, 5.74) is 2.69. The predicted octanol–water partition coefficient (Wildman–Crippen LogP) is 4.40. The molecule has 1 N–H and O–H groups in total. The third-order valence-electron chi connectivity index (χ3n) is 3.58. The first-order chi connectivity index (χ1) is 12.4. The number of aryl methyl sites for hydroxylation is 3. The van der Waals surface area contributed by atoms with E-state index in [1.807, 2.05) is 26.0 Å². The van der Waals surface area contributed by atoms with Gasteiger partial charge in [0.25, 0.3) is 0 Å². The summed E-state index contributed by atoms with van der Waals surface area (Å²) in [6, 6.07) is 8.33. The summed E-state index contributed by atoms with van der Waals surface area (Å²) in [7, 11) is 0. The molecule has 0 unspecified atom stereocenters. The number of rotatable bonds is 5. The van der Waals surface area contributed by atoms with Crippen molar-refractivity contribution < 1.29 is 9.18 Å². The minimum Gasteiger partial charge on any atom is -0.325 e. The van der Waals surface area contributed by atoms with Crippen LogP contribution in [-0.2, 0) is 4.79 Å². The molecule has 0 aliphatic rings. The summed E-state index contributed by atoms with van der Waals surface area (Å²) in [5.74, 6) is -0.397. The fourth-order valence-corrected chi connectivity index (χ4v) is 3.79. The van der Waals surface area contributed by atoms with Crippen molar-refractivity contribution in [1.29, 1.82) is 0 Å². The lowest BCUT2D eigenvalue weighted by atomic mass is 10.2. The van der Waals surface area contributed by atoms with E-state index >= 15 is 0 Å². The first kappa shape index (κ1) is 18.5. The lowest BCUT2D eigenvalue weighted by Gasteiger charge is -2.06. The molecule has 1 aromatic carbocycles. The molecule has 0 fully saturated rings. The van der Waals surface area contributed by atoms with Gasteiger partial charge in [0.05, 0.1) is 21.3 Å². The molecule has 0 saturated carbocycles. The van der Waals surface area contributed by atoms with Gasteiger partial charge in [0.15, 0.2) is 0 Å².